The van der Waals surface area contributed by atoms with Crippen molar-refractivity contribution in [3.05, 3.63) is 51.2 Å². The van der Waals surface area contributed by atoms with Gasteiger partial charge in [0.1, 0.15) is 5.82 Å². The van der Waals surface area contributed by atoms with E-state index < -0.39 is 0 Å². The Morgan fingerprint density at radius 3 is 2.56 bits per heavy atom. The molecule has 0 atom stereocenters. The fraction of sp³-hybridized carbons (Fsp3) is 0.0769. The number of benzene rings is 2. The van der Waals surface area contributed by atoms with Crippen LogP contribution in [0, 0.1) is 12.7 Å². The van der Waals surface area contributed by atoms with Crippen molar-refractivity contribution >= 4 is 44.6 Å². The molecule has 0 aliphatic heterocycles. The fourth-order valence-electron chi connectivity index (χ4n) is 1.69. The lowest BCUT2D eigenvalue weighted by atomic mass is 10.2. The van der Waals surface area contributed by atoms with Gasteiger partial charge in [-0.3, -0.25) is 0 Å². The zero-order chi connectivity index (χ0) is 13.3. The van der Waals surface area contributed by atoms with Crippen molar-refractivity contribution in [3.8, 4) is 0 Å². The second kappa shape index (κ2) is 5.16. The third kappa shape index (κ3) is 2.94. The molecule has 0 radical (unpaired) electrons. The van der Waals surface area contributed by atoms with Crippen LogP contribution < -0.4 is 11.1 Å². The lowest BCUT2D eigenvalue weighted by Crippen LogP contribution is -1.96. The summed E-state index contributed by atoms with van der Waals surface area (Å²) in [5.41, 5.74) is 8.88. The maximum Gasteiger partial charge on any atom is 0.125 e. The SMILES string of the molecule is Cc1cc(N)cc(Nc2c(Cl)cc(F)cc2Br)c1. The van der Waals surface area contributed by atoms with Gasteiger partial charge >= 0.3 is 0 Å². The van der Waals surface area contributed by atoms with Gasteiger partial charge in [-0.05, 0) is 58.7 Å². The van der Waals surface area contributed by atoms with Gasteiger partial charge in [-0.15, -0.1) is 0 Å². The van der Waals surface area contributed by atoms with Crippen molar-refractivity contribution in [1.29, 1.82) is 0 Å². The van der Waals surface area contributed by atoms with Gasteiger partial charge in [0.2, 0.25) is 0 Å². The average Bonchev–Trinajstić information content (AvgIpc) is 2.22. The summed E-state index contributed by atoms with van der Waals surface area (Å²) in [4.78, 5) is 0. The van der Waals surface area contributed by atoms with Gasteiger partial charge in [0.25, 0.3) is 0 Å². The predicted octanol–water partition coefficient (Wildman–Crippen LogP) is 4.88. The quantitative estimate of drug-likeness (QED) is 0.771. The Morgan fingerprint density at radius 1 is 1.22 bits per heavy atom. The molecule has 0 unspecified atom stereocenters. The Balaban J connectivity index is 2.40. The highest BCUT2D eigenvalue weighted by Crippen LogP contribution is 2.34. The number of rotatable bonds is 2. The molecule has 2 rings (SSSR count). The summed E-state index contributed by atoms with van der Waals surface area (Å²) >= 11 is 9.27. The maximum absolute atomic E-state index is 13.1. The van der Waals surface area contributed by atoms with Crippen LogP contribution in [0.5, 0.6) is 0 Å². The Hall–Kier alpha value is -1.26. The molecule has 0 spiro atoms. The Kier molecular flexibility index (Phi) is 3.78. The first-order chi connectivity index (χ1) is 8.45. The lowest BCUT2D eigenvalue weighted by molar-refractivity contribution is 0.627. The van der Waals surface area contributed by atoms with Crippen molar-refractivity contribution in [1.82, 2.24) is 0 Å². The molecule has 0 saturated carbocycles. The first-order valence-corrected chi connectivity index (χ1v) is 6.41. The monoisotopic (exact) mass is 328 g/mol. The van der Waals surface area contributed by atoms with Crippen molar-refractivity contribution in [2.75, 3.05) is 11.1 Å². The highest BCUT2D eigenvalue weighted by atomic mass is 79.9. The molecular formula is C13H11BrClFN2. The number of hydrogen-bond donors (Lipinski definition) is 2. The third-order valence-electron chi connectivity index (χ3n) is 2.38. The summed E-state index contributed by atoms with van der Waals surface area (Å²) in [5, 5.41) is 3.43. The highest BCUT2D eigenvalue weighted by molar-refractivity contribution is 9.10. The van der Waals surface area contributed by atoms with E-state index in [1.807, 2.05) is 19.1 Å². The van der Waals surface area contributed by atoms with E-state index in [1.54, 1.807) is 6.07 Å². The largest absolute Gasteiger partial charge is 0.399 e. The van der Waals surface area contributed by atoms with Crippen LogP contribution in [-0.2, 0) is 0 Å². The number of hydrogen-bond acceptors (Lipinski definition) is 2. The standard InChI is InChI=1S/C13H11BrClFN2/c1-7-2-9(17)6-10(3-7)18-13-11(14)4-8(16)5-12(13)15/h2-6,18H,17H2,1H3. The maximum atomic E-state index is 13.1. The summed E-state index contributed by atoms with van der Waals surface area (Å²) in [6.45, 7) is 1.95. The number of nitrogens with two attached hydrogens (primary N) is 1. The molecule has 18 heavy (non-hydrogen) atoms. The van der Waals surface area contributed by atoms with Crippen LogP contribution >= 0.6 is 27.5 Å². The van der Waals surface area contributed by atoms with Crippen LogP contribution in [-0.4, -0.2) is 0 Å². The molecule has 0 fully saturated rings. The minimum Gasteiger partial charge on any atom is -0.399 e. The molecule has 2 aromatic carbocycles. The van der Waals surface area contributed by atoms with Crippen molar-refractivity contribution in [3.63, 3.8) is 0 Å². The van der Waals surface area contributed by atoms with Crippen LogP contribution in [0.2, 0.25) is 5.02 Å². The normalized spacial score (nSPS) is 10.4. The second-order valence-corrected chi connectivity index (χ2v) is 5.26. The van der Waals surface area contributed by atoms with Crippen molar-refractivity contribution in [2.24, 2.45) is 0 Å². The van der Waals surface area contributed by atoms with Gasteiger partial charge in [-0.1, -0.05) is 11.6 Å². The Bertz CT molecular complexity index is 558. The number of aryl methyl sites for hydroxylation is 1. The molecule has 0 bridgehead atoms. The van der Waals surface area contributed by atoms with Gasteiger partial charge in [0, 0.05) is 15.8 Å². The molecule has 0 amide bonds. The fourth-order valence-corrected chi connectivity index (χ4v) is 2.59. The summed E-state index contributed by atoms with van der Waals surface area (Å²) in [7, 11) is 0. The van der Waals surface area contributed by atoms with E-state index in [-0.39, 0.29) is 5.82 Å². The number of halogens is 3. The Labute approximate surface area is 118 Å². The minimum atomic E-state index is -0.388. The molecule has 94 valence electrons. The molecule has 0 heterocycles. The van der Waals surface area contributed by atoms with E-state index >= 15 is 0 Å². The van der Waals surface area contributed by atoms with Crippen molar-refractivity contribution in [2.45, 2.75) is 6.92 Å². The molecule has 2 aromatic rings. The summed E-state index contributed by atoms with van der Waals surface area (Å²) in [6, 6.07) is 8.20. The second-order valence-electron chi connectivity index (χ2n) is 4.00. The van der Waals surface area contributed by atoms with Gasteiger partial charge < -0.3 is 11.1 Å². The van der Waals surface area contributed by atoms with Crippen LogP contribution in [0.1, 0.15) is 5.56 Å². The van der Waals surface area contributed by atoms with Crippen LogP contribution in [0.3, 0.4) is 0 Å². The van der Waals surface area contributed by atoms with E-state index in [1.165, 1.54) is 12.1 Å². The van der Waals surface area contributed by atoms with Crippen LogP contribution in [0.25, 0.3) is 0 Å². The molecule has 0 saturated heterocycles. The number of anilines is 3. The summed E-state index contributed by atoms with van der Waals surface area (Å²) in [5.74, 6) is -0.388. The highest BCUT2D eigenvalue weighted by Gasteiger charge is 2.08. The van der Waals surface area contributed by atoms with E-state index in [9.17, 15) is 4.39 Å². The van der Waals surface area contributed by atoms with Crippen LogP contribution in [0.15, 0.2) is 34.8 Å². The molecule has 5 heteroatoms. The average molecular weight is 330 g/mol. The molecular weight excluding hydrogens is 319 g/mol. The summed E-state index contributed by atoms with van der Waals surface area (Å²) in [6.07, 6.45) is 0. The first kappa shape index (κ1) is 13.2. The number of nitrogens with one attached hydrogen (secondary N) is 1. The van der Waals surface area contributed by atoms with Crippen LogP contribution in [0.4, 0.5) is 21.5 Å². The van der Waals surface area contributed by atoms with E-state index in [4.69, 9.17) is 17.3 Å². The van der Waals surface area contributed by atoms with E-state index in [0.29, 0.717) is 20.9 Å². The minimum absolute atomic E-state index is 0.307. The zero-order valence-electron chi connectivity index (χ0n) is 9.60. The van der Waals surface area contributed by atoms with Gasteiger partial charge in [-0.2, -0.15) is 0 Å². The molecule has 3 N–H and O–H groups in total. The molecule has 0 aliphatic carbocycles. The van der Waals surface area contributed by atoms with E-state index in [0.717, 1.165) is 11.3 Å². The molecule has 2 nitrogen and oxygen atoms in total. The molecule has 0 aliphatic rings. The predicted molar refractivity (Wildman–Crippen MR) is 78.0 cm³/mol. The lowest BCUT2D eigenvalue weighted by Gasteiger charge is -2.12. The Morgan fingerprint density at radius 2 is 1.94 bits per heavy atom. The first-order valence-electron chi connectivity index (χ1n) is 5.24. The topological polar surface area (TPSA) is 38.0 Å². The van der Waals surface area contributed by atoms with Crippen molar-refractivity contribution < 1.29 is 4.39 Å². The van der Waals surface area contributed by atoms with Gasteiger partial charge in [-0.25, -0.2) is 4.39 Å². The molecule has 0 aromatic heterocycles. The smallest absolute Gasteiger partial charge is 0.125 e. The van der Waals surface area contributed by atoms with Gasteiger partial charge in [0.05, 0.1) is 10.7 Å². The zero-order valence-corrected chi connectivity index (χ0v) is 11.9. The van der Waals surface area contributed by atoms with Gasteiger partial charge in [0.15, 0.2) is 0 Å². The third-order valence-corrected chi connectivity index (χ3v) is 3.30. The summed E-state index contributed by atoms with van der Waals surface area (Å²) < 4.78 is 13.7. The number of nitrogen functional groups attached to an aromatic ring is 1. The van der Waals surface area contributed by atoms with E-state index in [2.05, 4.69) is 21.2 Å².